The van der Waals surface area contributed by atoms with Crippen molar-refractivity contribution in [3.8, 4) is 0 Å². The summed E-state index contributed by atoms with van der Waals surface area (Å²) >= 11 is 0. The molecule has 4 heteroatoms. The van der Waals surface area contributed by atoms with Gasteiger partial charge in [0.1, 0.15) is 6.33 Å². The standard InChI is InChI=1S/C11H20N4/c1-9(2)15-6-4-10(5-7-15)11-12-8-14(3)13-11/h8-10H,4-7H2,1-3H3. The third-order valence-electron chi connectivity index (χ3n) is 3.24. The number of piperidine rings is 1. The molecular weight excluding hydrogens is 188 g/mol. The molecule has 15 heavy (non-hydrogen) atoms. The van der Waals surface area contributed by atoms with Crippen molar-refractivity contribution in [2.75, 3.05) is 13.1 Å². The minimum absolute atomic E-state index is 0.571. The van der Waals surface area contributed by atoms with Crippen molar-refractivity contribution in [1.29, 1.82) is 0 Å². The molecule has 84 valence electrons. The fraction of sp³-hybridized carbons (Fsp3) is 0.818. The van der Waals surface area contributed by atoms with Crippen LogP contribution in [0.2, 0.25) is 0 Å². The number of rotatable bonds is 2. The Hall–Kier alpha value is -0.900. The van der Waals surface area contributed by atoms with Crippen LogP contribution in [0, 0.1) is 0 Å². The van der Waals surface area contributed by atoms with Gasteiger partial charge in [-0.2, -0.15) is 5.10 Å². The molecule has 1 aromatic heterocycles. The lowest BCUT2D eigenvalue weighted by Crippen LogP contribution is -2.38. The fourth-order valence-electron chi connectivity index (χ4n) is 2.22. The van der Waals surface area contributed by atoms with E-state index in [1.165, 1.54) is 25.9 Å². The Bertz CT molecular complexity index is 310. The Morgan fingerprint density at radius 1 is 1.33 bits per heavy atom. The topological polar surface area (TPSA) is 34.0 Å². The van der Waals surface area contributed by atoms with Crippen LogP contribution in [0.4, 0.5) is 0 Å². The predicted octanol–water partition coefficient (Wildman–Crippen LogP) is 1.40. The van der Waals surface area contributed by atoms with Gasteiger partial charge in [-0.1, -0.05) is 0 Å². The predicted molar refractivity (Wildman–Crippen MR) is 59.7 cm³/mol. The first-order valence-electron chi connectivity index (χ1n) is 5.76. The Labute approximate surface area is 91.3 Å². The third kappa shape index (κ3) is 2.37. The molecule has 0 N–H and O–H groups in total. The van der Waals surface area contributed by atoms with Gasteiger partial charge in [0.15, 0.2) is 5.82 Å². The average Bonchev–Trinajstić information content (AvgIpc) is 2.65. The van der Waals surface area contributed by atoms with E-state index < -0.39 is 0 Å². The average molecular weight is 208 g/mol. The molecule has 0 aromatic carbocycles. The summed E-state index contributed by atoms with van der Waals surface area (Å²) in [5.41, 5.74) is 0. The molecule has 4 nitrogen and oxygen atoms in total. The van der Waals surface area contributed by atoms with Crippen molar-refractivity contribution in [3.05, 3.63) is 12.2 Å². The lowest BCUT2D eigenvalue weighted by atomic mass is 9.95. The minimum Gasteiger partial charge on any atom is -0.301 e. The van der Waals surface area contributed by atoms with Gasteiger partial charge in [0, 0.05) is 19.0 Å². The van der Waals surface area contributed by atoms with Crippen molar-refractivity contribution >= 4 is 0 Å². The number of hydrogen-bond acceptors (Lipinski definition) is 3. The first-order chi connectivity index (χ1) is 7.16. The number of hydrogen-bond donors (Lipinski definition) is 0. The summed E-state index contributed by atoms with van der Waals surface area (Å²) < 4.78 is 1.80. The second kappa shape index (κ2) is 4.31. The van der Waals surface area contributed by atoms with Crippen molar-refractivity contribution in [3.63, 3.8) is 0 Å². The van der Waals surface area contributed by atoms with Crippen molar-refractivity contribution in [2.24, 2.45) is 7.05 Å². The summed E-state index contributed by atoms with van der Waals surface area (Å²) in [6.07, 6.45) is 4.19. The molecule has 0 atom stereocenters. The monoisotopic (exact) mass is 208 g/mol. The van der Waals surface area contributed by atoms with Crippen LogP contribution in [0.5, 0.6) is 0 Å². The minimum atomic E-state index is 0.571. The van der Waals surface area contributed by atoms with E-state index in [4.69, 9.17) is 0 Å². The summed E-state index contributed by atoms with van der Waals surface area (Å²) in [4.78, 5) is 6.87. The van der Waals surface area contributed by atoms with Gasteiger partial charge in [-0.25, -0.2) is 4.98 Å². The zero-order valence-corrected chi connectivity index (χ0v) is 9.85. The van der Waals surface area contributed by atoms with Crippen LogP contribution in [-0.4, -0.2) is 38.8 Å². The Kier molecular flexibility index (Phi) is 3.05. The molecule has 0 amide bonds. The number of nitrogens with zero attached hydrogens (tertiary/aromatic N) is 4. The van der Waals surface area contributed by atoms with Crippen LogP contribution in [0.1, 0.15) is 38.4 Å². The summed E-state index contributed by atoms with van der Waals surface area (Å²) in [5, 5.41) is 4.39. The zero-order valence-electron chi connectivity index (χ0n) is 9.85. The van der Waals surface area contributed by atoms with Crippen LogP contribution in [0.3, 0.4) is 0 Å². The fourth-order valence-corrected chi connectivity index (χ4v) is 2.22. The summed E-state index contributed by atoms with van der Waals surface area (Å²) in [7, 11) is 1.93. The maximum atomic E-state index is 4.39. The second-order valence-corrected chi connectivity index (χ2v) is 4.68. The van der Waals surface area contributed by atoms with Crippen molar-refractivity contribution in [1.82, 2.24) is 19.7 Å². The van der Waals surface area contributed by atoms with Crippen molar-refractivity contribution in [2.45, 2.75) is 38.6 Å². The lowest BCUT2D eigenvalue weighted by Gasteiger charge is -2.33. The maximum absolute atomic E-state index is 4.39. The first-order valence-corrected chi connectivity index (χ1v) is 5.76. The molecule has 2 heterocycles. The highest BCUT2D eigenvalue weighted by Gasteiger charge is 2.24. The third-order valence-corrected chi connectivity index (χ3v) is 3.24. The largest absolute Gasteiger partial charge is 0.301 e. The van der Waals surface area contributed by atoms with Gasteiger partial charge in [0.2, 0.25) is 0 Å². The van der Waals surface area contributed by atoms with E-state index in [1.54, 1.807) is 11.0 Å². The molecule has 0 aliphatic carbocycles. The van der Waals surface area contributed by atoms with Crippen LogP contribution >= 0.6 is 0 Å². The van der Waals surface area contributed by atoms with E-state index in [1.807, 2.05) is 7.05 Å². The highest BCUT2D eigenvalue weighted by Crippen LogP contribution is 2.25. The molecular formula is C11H20N4. The first kappa shape index (κ1) is 10.6. The molecule has 1 aliphatic rings. The van der Waals surface area contributed by atoms with Crippen LogP contribution in [0.25, 0.3) is 0 Å². The lowest BCUT2D eigenvalue weighted by molar-refractivity contribution is 0.169. The van der Waals surface area contributed by atoms with E-state index >= 15 is 0 Å². The molecule has 2 rings (SSSR count). The Morgan fingerprint density at radius 3 is 2.47 bits per heavy atom. The van der Waals surface area contributed by atoms with Gasteiger partial charge >= 0.3 is 0 Å². The van der Waals surface area contributed by atoms with E-state index in [-0.39, 0.29) is 0 Å². The molecule has 1 saturated heterocycles. The molecule has 1 aliphatic heterocycles. The quantitative estimate of drug-likeness (QED) is 0.737. The highest BCUT2D eigenvalue weighted by atomic mass is 15.3. The molecule has 0 radical (unpaired) electrons. The number of likely N-dealkylation sites (tertiary alicyclic amines) is 1. The zero-order chi connectivity index (χ0) is 10.8. The number of aromatic nitrogens is 3. The summed E-state index contributed by atoms with van der Waals surface area (Å²) in [6, 6.07) is 0.669. The smallest absolute Gasteiger partial charge is 0.153 e. The van der Waals surface area contributed by atoms with Gasteiger partial charge in [-0.05, 0) is 39.8 Å². The molecule has 0 saturated carbocycles. The Balaban J connectivity index is 1.93. The Morgan fingerprint density at radius 2 is 2.00 bits per heavy atom. The van der Waals surface area contributed by atoms with Gasteiger partial charge in [-0.15, -0.1) is 0 Å². The van der Waals surface area contributed by atoms with E-state index in [0.29, 0.717) is 12.0 Å². The van der Waals surface area contributed by atoms with E-state index in [9.17, 15) is 0 Å². The second-order valence-electron chi connectivity index (χ2n) is 4.68. The highest BCUT2D eigenvalue weighted by molar-refractivity contribution is 4.96. The van der Waals surface area contributed by atoms with Crippen molar-refractivity contribution < 1.29 is 0 Å². The molecule has 0 bridgehead atoms. The van der Waals surface area contributed by atoms with Crippen LogP contribution in [-0.2, 0) is 7.05 Å². The van der Waals surface area contributed by atoms with Gasteiger partial charge in [-0.3, -0.25) is 4.68 Å². The number of aryl methyl sites for hydroxylation is 1. The molecule has 1 fully saturated rings. The SMILES string of the molecule is CC(C)N1CCC(c2ncn(C)n2)CC1. The normalized spacial score (nSPS) is 20.0. The summed E-state index contributed by atoms with van der Waals surface area (Å²) in [5.74, 6) is 1.60. The molecule has 0 spiro atoms. The van der Waals surface area contributed by atoms with Gasteiger partial charge in [0.05, 0.1) is 0 Å². The summed E-state index contributed by atoms with van der Waals surface area (Å²) in [6.45, 7) is 6.89. The van der Waals surface area contributed by atoms with Gasteiger partial charge in [0.25, 0.3) is 0 Å². The van der Waals surface area contributed by atoms with E-state index in [2.05, 4.69) is 28.8 Å². The van der Waals surface area contributed by atoms with Crippen LogP contribution < -0.4 is 0 Å². The molecule has 1 aromatic rings. The van der Waals surface area contributed by atoms with Crippen LogP contribution in [0.15, 0.2) is 6.33 Å². The van der Waals surface area contributed by atoms with E-state index in [0.717, 1.165) is 5.82 Å². The van der Waals surface area contributed by atoms with Gasteiger partial charge < -0.3 is 4.90 Å². The molecule has 0 unspecified atom stereocenters. The maximum Gasteiger partial charge on any atom is 0.153 e.